The molecule has 5 heteroatoms. The molecule has 0 heterocycles. The van der Waals surface area contributed by atoms with E-state index in [0.717, 1.165) is 11.3 Å². The number of amides is 1. The van der Waals surface area contributed by atoms with E-state index in [1.165, 1.54) is 7.11 Å². The first-order valence-electron chi connectivity index (χ1n) is 6.23. The van der Waals surface area contributed by atoms with Gasteiger partial charge in [0.1, 0.15) is 0 Å². The average Bonchev–Trinajstić information content (AvgIpc) is 2.45. The molecule has 3 N–H and O–H groups in total. The minimum Gasteiger partial charge on any atom is -0.469 e. The number of hydrogen-bond acceptors (Lipinski definition) is 4. The van der Waals surface area contributed by atoms with Gasteiger partial charge in [-0.05, 0) is 24.1 Å². The number of methoxy groups -OCH3 is 1. The van der Waals surface area contributed by atoms with E-state index in [-0.39, 0.29) is 17.8 Å². The van der Waals surface area contributed by atoms with Crippen LogP contribution in [0.25, 0.3) is 0 Å². The topological polar surface area (TPSA) is 81.4 Å². The van der Waals surface area contributed by atoms with Gasteiger partial charge in [-0.2, -0.15) is 0 Å². The zero-order valence-corrected chi connectivity index (χ0v) is 11.3. The molecule has 0 saturated heterocycles. The highest BCUT2D eigenvalue weighted by Gasteiger charge is 2.10. The van der Waals surface area contributed by atoms with Gasteiger partial charge < -0.3 is 15.8 Å². The average molecular weight is 264 g/mol. The van der Waals surface area contributed by atoms with Gasteiger partial charge in [-0.15, -0.1) is 0 Å². The normalized spacial score (nSPS) is 11.7. The summed E-state index contributed by atoms with van der Waals surface area (Å²) in [5.74, 6) is -0.530. The first kappa shape index (κ1) is 15.2. The van der Waals surface area contributed by atoms with Crippen molar-refractivity contribution in [2.45, 2.75) is 19.8 Å². The van der Waals surface area contributed by atoms with Crippen molar-refractivity contribution >= 4 is 17.6 Å². The lowest BCUT2D eigenvalue weighted by Gasteiger charge is -2.10. The molecule has 0 spiro atoms. The first-order valence-corrected chi connectivity index (χ1v) is 6.23. The minimum atomic E-state index is -0.228. The quantitative estimate of drug-likeness (QED) is 0.759. The molecule has 1 rings (SSSR count). The van der Waals surface area contributed by atoms with Crippen LogP contribution in [0.5, 0.6) is 0 Å². The highest BCUT2D eigenvalue weighted by molar-refractivity contribution is 5.92. The van der Waals surface area contributed by atoms with Crippen LogP contribution in [0.1, 0.15) is 18.9 Å². The van der Waals surface area contributed by atoms with Gasteiger partial charge in [0.2, 0.25) is 5.91 Å². The summed E-state index contributed by atoms with van der Waals surface area (Å²) in [4.78, 5) is 22.6. The van der Waals surface area contributed by atoms with Gasteiger partial charge in [-0.25, -0.2) is 0 Å². The van der Waals surface area contributed by atoms with Crippen molar-refractivity contribution in [3.63, 3.8) is 0 Å². The monoisotopic (exact) mass is 264 g/mol. The van der Waals surface area contributed by atoms with Crippen LogP contribution in [0.3, 0.4) is 0 Å². The van der Waals surface area contributed by atoms with Gasteiger partial charge in [0.05, 0.1) is 7.11 Å². The van der Waals surface area contributed by atoms with Crippen LogP contribution in [0.4, 0.5) is 5.69 Å². The Morgan fingerprint density at radius 1 is 1.32 bits per heavy atom. The van der Waals surface area contributed by atoms with E-state index in [2.05, 4.69) is 10.1 Å². The number of esters is 1. The van der Waals surface area contributed by atoms with Crippen LogP contribution in [-0.4, -0.2) is 25.5 Å². The van der Waals surface area contributed by atoms with E-state index in [4.69, 9.17) is 5.73 Å². The number of rotatable bonds is 6. The van der Waals surface area contributed by atoms with Crippen molar-refractivity contribution < 1.29 is 14.3 Å². The number of carbonyl (C=O) groups is 2. The fourth-order valence-corrected chi connectivity index (χ4v) is 1.48. The van der Waals surface area contributed by atoms with Crippen LogP contribution >= 0.6 is 0 Å². The zero-order valence-electron chi connectivity index (χ0n) is 11.3. The van der Waals surface area contributed by atoms with Gasteiger partial charge in [0.15, 0.2) is 0 Å². The van der Waals surface area contributed by atoms with Crippen molar-refractivity contribution in [1.82, 2.24) is 0 Å². The molecule has 0 bridgehead atoms. The molecular weight excluding hydrogens is 244 g/mol. The predicted molar refractivity (Wildman–Crippen MR) is 73.6 cm³/mol. The van der Waals surface area contributed by atoms with Crippen LogP contribution in [0, 0.1) is 5.92 Å². The lowest BCUT2D eigenvalue weighted by Crippen LogP contribution is -2.26. The third-order valence-electron chi connectivity index (χ3n) is 2.87. The Hall–Kier alpha value is -1.88. The molecule has 1 amide bonds. The SMILES string of the molecule is COC(=O)CCc1ccc(NC(=O)C(C)CN)cc1. The van der Waals surface area contributed by atoms with E-state index in [1.807, 2.05) is 24.3 Å². The van der Waals surface area contributed by atoms with Gasteiger partial charge in [0.25, 0.3) is 0 Å². The third kappa shape index (κ3) is 5.09. The smallest absolute Gasteiger partial charge is 0.305 e. The molecule has 104 valence electrons. The number of nitrogens with one attached hydrogen (secondary N) is 1. The number of benzene rings is 1. The second-order valence-corrected chi connectivity index (χ2v) is 4.40. The van der Waals surface area contributed by atoms with Crippen LogP contribution < -0.4 is 11.1 Å². The Morgan fingerprint density at radius 2 is 1.95 bits per heavy atom. The van der Waals surface area contributed by atoms with E-state index in [1.54, 1.807) is 6.92 Å². The molecule has 0 saturated carbocycles. The van der Waals surface area contributed by atoms with Crippen molar-refractivity contribution in [3.8, 4) is 0 Å². The van der Waals surface area contributed by atoms with E-state index in [9.17, 15) is 9.59 Å². The maximum absolute atomic E-state index is 11.6. The summed E-state index contributed by atoms with van der Waals surface area (Å²) in [6.07, 6.45) is 0.979. The third-order valence-corrected chi connectivity index (χ3v) is 2.87. The summed E-state index contributed by atoms with van der Waals surface area (Å²) in [5.41, 5.74) is 7.18. The highest BCUT2D eigenvalue weighted by Crippen LogP contribution is 2.12. The Balaban J connectivity index is 2.52. The number of ether oxygens (including phenoxy) is 1. The standard InChI is InChI=1S/C14H20N2O3/c1-10(9-15)14(18)16-12-6-3-11(4-7-12)5-8-13(17)19-2/h3-4,6-7,10H,5,8-9,15H2,1-2H3,(H,16,18). The number of anilines is 1. The lowest BCUT2D eigenvalue weighted by molar-refractivity contribution is -0.140. The molecule has 5 nitrogen and oxygen atoms in total. The van der Waals surface area contributed by atoms with Crippen LogP contribution in [-0.2, 0) is 20.7 Å². The van der Waals surface area contributed by atoms with Crippen molar-refractivity contribution in [2.24, 2.45) is 11.7 Å². The number of carbonyl (C=O) groups excluding carboxylic acids is 2. The van der Waals surface area contributed by atoms with Crippen molar-refractivity contribution in [1.29, 1.82) is 0 Å². The fourth-order valence-electron chi connectivity index (χ4n) is 1.48. The molecular formula is C14H20N2O3. The second-order valence-electron chi connectivity index (χ2n) is 4.40. The largest absolute Gasteiger partial charge is 0.469 e. The summed E-state index contributed by atoms with van der Waals surface area (Å²) in [6.45, 7) is 2.10. The van der Waals surface area contributed by atoms with Gasteiger partial charge in [-0.3, -0.25) is 9.59 Å². The summed E-state index contributed by atoms with van der Waals surface area (Å²) in [5, 5.41) is 2.79. The van der Waals surface area contributed by atoms with Gasteiger partial charge >= 0.3 is 5.97 Å². The maximum Gasteiger partial charge on any atom is 0.305 e. The van der Waals surface area contributed by atoms with E-state index in [0.29, 0.717) is 19.4 Å². The molecule has 0 fully saturated rings. The molecule has 0 aliphatic carbocycles. The Bertz CT molecular complexity index is 429. The second kappa shape index (κ2) is 7.53. The van der Waals surface area contributed by atoms with Gasteiger partial charge in [-0.1, -0.05) is 19.1 Å². The Kier molecular flexibility index (Phi) is 6.02. The summed E-state index contributed by atoms with van der Waals surface area (Å²) >= 11 is 0. The highest BCUT2D eigenvalue weighted by atomic mass is 16.5. The first-order chi connectivity index (χ1) is 9.06. The maximum atomic E-state index is 11.6. The van der Waals surface area contributed by atoms with E-state index >= 15 is 0 Å². The van der Waals surface area contributed by atoms with Crippen molar-refractivity contribution in [3.05, 3.63) is 29.8 Å². The molecule has 0 aliphatic rings. The molecule has 1 aromatic rings. The molecule has 1 aromatic carbocycles. The molecule has 1 unspecified atom stereocenters. The Labute approximate surface area is 113 Å². The molecule has 0 aromatic heterocycles. The predicted octanol–water partition coefficient (Wildman–Crippen LogP) is 1.33. The van der Waals surface area contributed by atoms with Crippen LogP contribution in [0.2, 0.25) is 0 Å². The summed E-state index contributed by atoms with van der Waals surface area (Å²) < 4.78 is 4.58. The number of hydrogen-bond donors (Lipinski definition) is 2. The van der Waals surface area contributed by atoms with Crippen molar-refractivity contribution in [2.75, 3.05) is 19.0 Å². The van der Waals surface area contributed by atoms with Gasteiger partial charge in [0, 0.05) is 24.6 Å². The lowest BCUT2D eigenvalue weighted by atomic mass is 10.1. The minimum absolute atomic E-state index is 0.0928. The summed E-state index contributed by atoms with van der Waals surface area (Å²) in [6, 6.07) is 7.39. The zero-order chi connectivity index (χ0) is 14.3. The molecule has 19 heavy (non-hydrogen) atoms. The van der Waals surface area contributed by atoms with Crippen LogP contribution in [0.15, 0.2) is 24.3 Å². The molecule has 0 aliphatic heterocycles. The molecule has 0 radical (unpaired) electrons. The Morgan fingerprint density at radius 3 is 2.47 bits per heavy atom. The summed E-state index contributed by atoms with van der Waals surface area (Å²) in [7, 11) is 1.37. The van der Waals surface area contributed by atoms with E-state index < -0.39 is 0 Å². The molecule has 1 atom stereocenters. The fraction of sp³-hybridized carbons (Fsp3) is 0.429. The number of nitrogens with two attached hydrogens (primary N) is 1. The number of aryl methyl sites for hydroxylation is 1.